The highest BCUT2D eigenvalue weighted by molar-refractivity contribution is 7.90. The Morgan fingerprint density at radius 1 is 1.33 bits per heavy atom. The zero-order valence-electron chi connectivity index (χ0n) is 15.9. The van der Waals surface area contributed by atoms with Crippen LogP contribution in [0.5, 0.6) is 0 Å². The van der Waals surface area contributed by atoms with Gasteiger partial charge in [-0.25, -0.2) is 17.5 Å². The van der Waals surface area contributed by atoms with E-state index in [0.717, 1.165) is 0 Å². The molecule has 2 heterocycles. The lowest BCUT2D eigenvalue weighted by Gasteiger charge is -2.29. The predicted octanol–water partition coefficient (Wildman–Crippen LogP) is 1.05. The average Bonchev–Trinajstić information content (AvgIpc) is 2.70. The minimum absolute atomic E-state index is 0. The largest absolute Gasteiger partial charge is 0.362 e. The van der Waals surface area contributed by atoms with Gasteiger partial charge in [0.25, 0.3) is 10.0 Å². The smallest absolute Gasteiger partial charge is 0.336 e. The normalized spacial score (nSPS) is 18.4. The Morgan fingerprint density at radius 2 is 2.07 bits per heavy atom. The Balaban J connectivity index is 0.00000256. The van der Waals surface area contributed by atoms with Gasteiger partial charge in [-0.05, 0) is 26.0 Å². The van der Waals surface area contributed by atoms with Gasteiger partial charge >= 0.3 is 6.03 Å². The van der Waals surface area contributed by atoms with Crippen molar-refractivity contribution in [2.75, 3.05) is 11.9 Å². The summed E-state index contributed by atoms with van der Waals surface area (Å²) in [5.74, 6) is -0.746. The van der Waals surface area contributed by atoms with Crippen molar-refractivity contribution in [3.8, 4) is 12.1 Å². The molecule has 0 saturated carbocycles. The summed E-state index contributed by atoms with van der Waals surface area (Å²) in [6.45, 7) is 2.52. The first kappa shape index (κ1) is 20.8. The van der Waals surface area contributed by atoms with Crippen molar-refractivity contribution in [1.29, 1.82) is 10.5 Å². The van der Waals surface area contributed by atoms with E-state index in [1.807, 2.05) is 6.07 Å². The maximum absolute atomic E-state index is 12.9. The molecule has 1 radical (unpaired) electrons. The van der Waals surface area contributed by atoms with E-state index in [1.165, 1.54) is 24.4 Å². The number of nitrogens with one attached hydrogen (secondary N) is 3. The van der Waals surface area contributed by atoms with Gasteiger partial charge in [-0.2, -0.15) is 10.5 Å². The average molecular weight is 430 g/mol. The highest BCUT2D eigenvalue weighted by atomic mass is 32.2. The van der Waals surface area contributed by atoms with Crippen molar-refractivity contribution in [2.24, 2.45) is 4.99 Å². The van der Waals surface area contributed by atoms with E-state index < -0.39 is 34.5 Å². The molecule has 3 amide bonds. The predicted molar refractivity (Wildman–Crippen MR) is 109 cm³/mol. The van der Waals surface area contributed by atoms with E-state index in [2.05, 4.69) is 20.9 Å². The molecule has 1 atom stereocenters. The van der Waals surface area contributed by atoms with Crippen LogP contribution < -0.4 is 16.0 Å². The third-order valence-corrected chi connectivity index (χ3v) is 6.22. The first-order valence-corrected chi connectivity index (χ1v) is 10.1. The molecule has 0 unspecified atom stereocenters. The van der Waals surface area contributed by atoms with Crippen LogP contribution in [0.2, 0.25) is 0 Å². The lowest BCUT2D eigenvalue weighted by Crippen LogP contribution is -2.50. The number of fused-ring (bicyclic) bond motifs is 1. The summed E-state index contributed by atoms with van der Waals surface area (Å²) in [6, 6.07) is 6.43. The van der Waals surface area contributed by atoms with Gasteiger partial charge in [-0.1, -0.05) is 6.07 Å². The second-order valence-corrected chi connectivity index (χ2v) is 8.24. The number of rotatable bonds is 4. The fourth-order valence-electron chi connectivity index (χ4n) is 3.06. The van der Waals surface area contributed by atoms with Crippen LogP contribution in [-0.2, 0) is 14.8 Å². The molecular weight excluding hydrogens is 410 g/mol. The van der Waals surface area contributed by atoms with Crippen LogP contribution in [-0.4, -0.2) is 43.5 Å². The highest BCUT2D eigenvalue weighted by Gasteiger charge is 2.40. The topological polar surface area (TPSA) is 168 Å². The minimum Gasteiger partial charge on any atom is -0.362 e. The van der Waals surface area contributed by atoms with Crippen LogP contribution in [0.1, 0.15) is 22.3 Å². The number of anilines is 1. The van der Waals surface area contributed by atoms with Gasteiger partial charge in [0.2, 0.25) is 11.9 Å². The van der Waals surface area contributed by atoms with Crippen LogP contribution in [0.3, 0.4) is 0 Å². The number of amides is 3. The number of nitriles is 2. The number of hydrogen-bond donors (Lipinski definition) is 3. The van der Waals surface area contributed by atoms with Crippen LogP contribution in [0.25, 0.3) is 0 Å². The number of sulfonamides is 1. The van der Waals surface area contributed by atoms with Crippen molar-refractivity contribution < 1.29 is 20.9 Å². The molecular formula is C18H20N7O4S. The maximum atomic E-state index is 12.9. The third kappa shape index (κ3) is 3.68. The second-order valence-electron chi connectivity index (χ2n) is 6.44. The number of nitrogens with zero attached hydrogens (tertiary/aromatic N) is 4. The molecule has 0 aromatic heterocycles. The maximum Gasteiger partial charge on any atom is 0.336 e. The Labute approximate surface area is 175 Å². The van der Waals surface area contributed by atoms with E-state index in [4.69, 9.17) is 5.26 Å². The molecule has 0 spiro atoms. The lowest BCUT2D eigenvalue weighted by atomic mass is 10.1. The number of urea groups is 1. The summed E-state index contributed by atoms with van der Waals surface area (Å²) in [7, 11) is -4.41. The van der Waals surface area contributed by atoms with Crippen molar-refractivity contribution in [1.82, 2.24) is 14.9 Å². The summed E-state index contributed by atoms with van der Waals surface area (Å²) in [6.07, 6.45) is 1.31. The molecule has 157 valence electrons. The summed E-state index contributed by atoms with van der Waals surface area (Å²) >= 11 is 0. The molecule has 3 N–H and O–H groups in total. The second kappa shape index (κ2) is 7.85. The Bertz CT molecular complexity index is 1180. The van der Waals surface area contributed by atoms with Crippen molar-refractivity contribution in [2.45, 2.75) is 24.8 Å². The van der Waals surface area contributed by atoms with Crippen LogP contribution in [0.15, 0.2) is 39.5 Å². The van der Waals surface area contributed by atoms with Gasteiger partial charge in [0.15, 0.2) is 0 Å². The first-order valence-electron chi connectivity index (χ1n) is 8.64. The van der Waals surface area contributed by atoms with Crippen molar-refractivity contribution >= 4 is 33.9 Å². The quantitative estimate of drug-likeness (QED) is 0.641. The van der Waals surface area contributed by atoms with Crippen LogP contribution in [0, 0.1) is 28.7 Å². The number of hydrogen-bond acceptors (Lipinski definition) is 8. The van der Waals surface area contributed by atoms with Gasteiger partial charge < -0.3 is 16.0 Å². The number of benzene rings is 1. The number of carbonyl (C=O) groups is 2. The molecule has 0 fully saturated rings. The molecule has 0 aliphatic carbocycles. The van der Waals surface area contributed by atoms with Crippen LogP contribution in [0.4, 0.5) is 10.5 Å². The van der Waals surface area contributed by atoms with Crippen molar-refractivity contribution in [3.63, 3.8) is 0 Å². The molecule has 3 rings (SSSR count). The van der Waals surface area contributed by atoms with E-state index in [9.17, 15) is 23.3 Å². The number of aliphatic imine (C=N–C) groups is 1. The lowest BCUT2D eigenvalue weighted by molar-refractivity contribution is -0.121. The fraction of sp³-hybridized carbons (Fsp3) is 0.222. The summed E-state index contributed by atoms with van der Waals surface area (Å²) in [5, 5.41) is 25.9. The molecule has 2 aliphatic rings. The standard InChI is InChI=1S/C18H16N7O4S.2H2/c1-10-16(21-8-13(7-20)22-10)11(2)23-15(26)9-25-18(27)24-14-5-3-4-12(6-19)17(14)30(25,28)29;;/h3-5,8,11,22H,9H2,1-2H3,(H,23,26)(H,24,27);2*1H/t11-;;/m0../s1. The molecule has 30 heavy (non-hydrogen) atoms. The van der Waals surface area contributed by atoms with E-state index in [-0.39, 0.29) is 25.0 Å². The molecule has 12 heteroatoms. The molecule has 1 aromatic carbocycles. The Morgan fingerprint density at radius 3 is 2.70 bits per heavy atom. The zero-order valence-corrected chi connectivity index (χ0v) is 16.7. The minimum atomic E-state index is -4.41. The van der Waals surface area contributed by atoms with Gasteiger partial charge in [-0.15, -0.1) is 0 Å². The number of allylic oxidation sites excluding steroid dienone is 1. The van der Waals surface area contributed by atoms with Gasteiger partial charge in [0, 0.05) is 14.8 Å². The summed E-state index contributed by atoms with van der Waals surface area (Å²) < 4.78 is 26.2. The molecule has 11 nitrogen and oxygen atoms in total. The molecule has 0 bridgehead atoms. The van der Waals surface area contributed by atoms with Gasteiger partial charge in [0.05, 0.1) is 23.0 Å². The zero-order chi connectivity index (χ0) is 22.1. The highest BCUT2D eigenvalue weighted by Crippen LogP contribution is 2.32. The number of carbonyl (C=O) groups excluding carboxylic acids is 2. The molecule has 0 saturated heterocycles. The van der Waals surface area contributed by atoms with E-state index in [0.29, 0.717) is 15.7 Å². The summed E-state index contributed by atoms with van der Waals surface area (Å²) in [4.78, 5) is 28.6. The molecule has 1 aromatic rings. The van der Waals surface area contributed by atoms with Crippen molar-refractivity contribution in [3.05, 3.63) is 41.2 Å². The monoisotopic (exact) mass is 430 g/mol. The Hall–Kier alpha value is -3.90. The summed E-state index contributed by atoms with van der Waals surface area (Å²) in [5.41, 5.74) is 0.847. The molecule has 2 aliphatic heterocycles. The Kier molecular flexibility index (Phi) is 5.45. The van der Waals surface area contributed by atoms with Crippen LogP contribution >= 0.6 is 0 Å². The first-order chi connectivity index (χ1) is 14.2. The van der Waals surface area contributed by atoms with E-state index in [1.54, 1.807) is 19.9 Å². The SMILES string of the molecule is CC1=C([C@H](C)NC(=O)CN2C(=O)Nc3cccc(C#N)c3S2(=O)=O)N=C[C](C#N)N1.[HH].[HH]. The van der Waals surface area contributed by atoms with Gasteiger partial charge in [0.1, 0.15) is 23.6 Å². The fourth-order valence-corrected chi connectivity index (χ4v) is 4.62. The van der Waals surface area contributed by atoms with Gasteiger partial charge in [-0.3, -0.25) is 9.79 Å². The van der Waals surface area contributed by atoms with E-state index >= 15 is 0 Å². The third-order valence-electron chi connectivity index (χ3n) is 4.39.